The molecule has 0 spiro atoms. The topological polar surface area (TPSA) is 95.4 Å². The molecule has 28 heavy (non-hydrogen) atoms. The third kappa shape index (κ3) is 3.30. The number of hydrazone groups is 1. The number of aromatic nitrogens is 4. The van der Waals surface area contributed by atoms with Crippen molar-refractivity contribution in [1.29, 1.82) is 0 Å². The van der Waals surface area contributed by atoms with E-state index in [1.165, 1.54) is 11.6 Å². The molecule has 148 valence electrons. The molecule has 0 aliphatic rings. The monoisotopic (exact) mass is 384 g/mol. The van der Waals surface area contributed by atoms with Crippen molar-refractivity contribution in [2.24, 2.45) is 19.2 Å². The van der Waals surface area contributed by atoms with Gasteiger partial charge < -0.3 is 9.30 Å². The molecule has 3 rings (SSSR count). The number of rotatable bonds is 6. The molecule has 0 bridgehead atoms. The van der Waals surface area contributed by atoms with E-state index in [0.717, 1.165) is 28.0 Å². The summed E-state index contributed by atoms with van der Waals surface area (Å²) in [5.74, 6) is 1.19. The highest BCUT2D eigenvalue weighted by molar-refractivity contribution is 5.99. The predicted octanol–water partition coefficient (Wildman–Crippen LogP) is 1.69. The van der Waals surface area contributed by atoms with Gasteiger partial charge in [-0.1, -0.05) is 6.92 Å². The lowest BCUT2D eigenvalue weighted by atomic mass is 10.1. The molecular formula is C19H24N6O3. The molecule has 0 saturated heterocycles. The first-order valence-corrected chi connectivity index (χ1v) is 9.00. The van der Waals surface area contributed by atoms with Gasteiger partial charge in [0.2, 0.25) is 5.95 Å². The third-order valence-electron chi connectivity index (χ3n) is 4.63. The summed E-state index contributed by atoms with van der Waals surface area (Å²) >= 11 is 0. The number of imidazole rings is 1. The van der Waals surface area contributed by atoms with Crippen molar-refractivity contribution in [3.8, 4) is 5.75 Å². The van der Waals surface area contributed by atoms with Crippen LogP contribution in [0.3, 0.4) is 0 Å². The Morgan fingerprint density at radius 2 is 1.86 bits per heavy atom. The van der Waals surface area contributed by atoms with Gasteiger partial charge in [0.1, 0.15) is 5.75 Å². The van der Waals surface area contributed by atoms with E-state index in [-0.39, 0.29) is 5.56 Å². The van der Waals surface area contributed by atoms with Crippen LogP contribution in [-0.2, 0) is 20.6 Å². The Hall–Kier alpha value is -3.36. The molecule has 0 unspecified atom stereocenters. The molecule has 2 aromatic heterocycles. The largest absolute Gasteiger partial charge is 0.497 e. The fourth-order valence-corrected chi connectivity index (χ4v) is 3.00. The van der Waals surface area contributed by atoms with Crippen LogP contribution in [0.4, 0.5) is 5.95 Å². The minimum absolute atomic E-state index is 0.335. The average Bonchev–Trinajstić information content (AvgIpc) is 3.07. The quantitative estimate of drug-likeness (QED) is 0.515. The lowest BCUT2D eigenvalue weighted by Gasteiger charge is -2.08. The summed E-state index contributed by atoms with van der Waals surface area (Å²) in [4.78, 5) is 29.3. The van der Waals surface area contributed by atoms with Gasteiger partial charge in [-0.2, -0.15) is 10.1 Å². The minimum Gasteiger partial charge on any atom is -0.497 e. The number of methoxy groups -OCH3 is 1. The second kappa shape index (κ2) is 7.71. The highest BCUT2D eigenvalue weighted by atomic mass is 16.5. The van der Waals surface area contributed by atoms with Crippen LogP contribution in [0.15, 0.2) is 39.0 Å². The lowest BCUT2D eigenvalue weighted by Crippen LogP contribution is -2.37. The summed E-state index contributed by atoms with van der Waals surface area (Å²) in [6.07, 6.45) is 0.799. The average molecular weight is 384 g/mol. The van der Waals surface area contributed by atoms with Crippen LogP contribution in [0.25, 0.3) is 11.2 Å². The van der Waals surface area contributed by atoms with Crippen LogP contribution in [0, 0.1) is 0 Å². The maximum atomic E-state index is 12.6. The molecule has 0 saturated carbocycles. The summed E-state index contributed by atoms with van der Waals surface area (Å²) in [5.41, 5.74) is 4.56. The highest BCUT2D eigenvalue weighted by Crippen LogP contribution is 2.17. The Kier molecular flexibility index (Phi) is 5.34. The molecule has 0 fully saturated rings. The molecule has 1 aromatic carbocycles. The molecule has 9 nitrogen and oxygen atoms in total. The van der Waals surface area contributed by atoms with Gasteiger partial charge in [-0.05, 0) is 43.2 Å². The van der Waals surface area contributed by atoms with Crippen LogP contribution in [-0.4, -0.2) is 31.5 Å². The van der Waals surface area contributed by atoms with Gasteiger partial charge in [-0.15, -0.1) is 0 Å². The molecule has 1 N–H and O–H groups in total. The van der Waals surface area contributed by atoms with Crippen molar-refractivity contribution < 1.29 is 4.74 Å². The predicted molar refractivity (Wildman–Crippen MR) is 109 cm³/mol. The molecule has 0 amide bonds. The molecule has 0 aliphatic carbocycles. The number of benzene rings is 1. The molecule has 0 atom stereocenters. The fraction of sp³-hybridized carbons (Fsp3) is 0.368. The van der Waals surface area contributed by atoms with E-state index in [4.69, 9.17) is 4.74 Å². The molecule has 0 radical (unpaired) electrons. The van der Waals surface area contributed by atoms with Gasteiger partial charge >= 0.3 is 5.69 Å². The SMILES string of the molecule is CCCn1c(N/N=C(\C)c2ccc(OC)cc2)nc2c1c(=O)n(C)c(=O)n2C. The van der Waals surface area contributed by atoms with Crippen molar-refractivity contribution in [1.82, 2.24) is 18.7 Å². The van der Waals surface area contributed by atoms with Crippen molar-refractivity contribution in [2.45, 2.75) is 26.8 Å². The van der Waals surface area contributed by atoms with Gasteiger partial charge in [0, 0.05) is 20.6 Å². The van der Waals surface area contributed by atoms with E-state index in [2.05, 4.69) is 15.5 Å². The maximum Gasteiger partial charge on any atom is 0.332 e. The second-order valence-corrected chi connectivity index (χ2v) is 6.50. The molecular weight excluding hydrogens is 360 g/mol. The zero-order valence-corrected chi connectivity index (χ0v) is 16.7. The minimum atomic E-state index is -0.414. The number of fused-ring (bicyclic) bond motifs is 1. The second-order valence-electron chi connectivity index (χ2n) is 6.50. The van der Waals surface area contributed by atoms with Crippen LogP contribution in [0.1, 0.15) is 25.8 Å². The van der Waals surface area contributed by atoms with Gasteiger partial charge in [0.15, 0.2) is 11.2 Å². The van der Waals surface area contributed by atoms with E-state index < -0.39 is 5.69 Å². The zero-order valence-electron chi connectivity index (χ0n) is 16.7. The first-order valence-electron chi connectivity index (χ1n) is 9.00. The van der Waals surface area contributed by atoms with E-state index in [1.807, 2.05) is 38.1 Å². The lowest BCUT2D eigenvalue weighted by molar-refractivity contribution is 0.415. The fourth-order valence-electron chi connectivity index (χ4n) is 3.00. The summed E-state index contributed by atoms with van der Waals surface area (Å²) in [7, 11) is 4.68. The molecule has 3 aromatic rings. The summed E-state index contributed by atoms with van der Waals surface area (Å²) < 4.78 is 9.39. The van der Waals surface area contributed by atoms with Crippen molar-refractivity contribution in [2.75, 3.05) is 12.5 Å². The molecule has 0 aliphatic heterocycles. The number of anilines is 1. The number of aryl methyl sites for hydroxylation is 2. The van der Waals surface area contributed by atoms with Gasteiger partial charge in [0.25, 0.3) is 5.56 Å². The first kappa shape index (κ1) is 19.4. The third-order valence-corrected chi connectivity index (χ3v) is 4.63. The standard InChI is InChI=1S/C19H24N6O3/c1-6-11-25-15-16(23(3)19(27)24(4)17(15)26)20-18(25)22-21-12(2)13-7-9-14(28-5)10-8-13/h7-10H,6,11H2,1-5H3,(H,20,22)/b21-12+. The Morgan fingerprint density at radius 3 is 2.46 bits per heavy atom. The molecule has 2 heterocycles. The normalized spacial score (nSPS) is 11.8. The van der Waals surface area contributed by atoms with Crippen LogP contribution in [0.2, 0.25) is 0 Å². The summed E-state index contributed by atoms with van der Waals surface area (Å²) in [5, 5.41) is 4.41. The Balaban J connectivity index is 2.06. The van der Waals surface area contributed by atoms with Crippen molar-refractivity contribution in [3.05, 3.63) is 50.7 Å². The smallest absolute Gasteiger partial charge is 0.332 e. The summed E-state index contributed by atoms with van der Waals surface area (Å²) in [6, 6.07) is 7.54. The van der Waals surface area contributed by atoms with E-state index in [1.54, 1.807) is 18.7 Å². The highest BCUT2D eigenvalue weighted by Gasteiger charge is 2.18. The Labute approximate surface area is 161 Å². The van der Waals surface area contributed by atoms with E-state index >= 15 is 0 Å². The van der Waals surface area contributed by atoms with Crippen LogP contribution >= 0.6 is 0 Å². The Morgan fingerprint density at radius 1 is 1.18 bits per heavy atom. The van der Waals surface area contributed by atoms with E-state index in [0.29, 0.717) is 23.7 Å². The van der Waals surface area contributed by atoms with E-state index in [9.17, 15) is 9.59 Å². The summed E-state index contributed by atoms with van der Waals surface area (Å²) in [6.45, 7) is 4.45. The number of hydrogen-bond acceptors (Lipinski definition) is 6. The zero-order chi connectivity index (χ0) is 20.4. The van der Waals surface area contributed by atoms with Gasteiger partial charge in [-0.25, -0.2) is 10.2 Å². The molecule has 9 heteroatoms. The maximum absolute atomic E-state index is 12.6. The van der Waals surface area contributed by atoms with Gasteiger partial charge in [-0.3, -0.25) is 13.9 Å². The van der Waals surface area contributed by atoms with Crippen molar-refractivity contribution in [3.63, 3.8) is 0 Å². The Bertz CT molecular complexity index is 1150. The van der Waals surface area contributed by atoms with Crippen LogP contribution in [0.5, 0.6) is 5.75 Å². The first-order chi connectivity index (χ1) is 13.4. The van der Waals surface area contributed by atoms with Crippen LogP contribution < -0.4 is 21.4 Å². The van der Waals surface area contributed by atoms with Gasteiger partial charge in [0.05, 0.1) is 12.8 Å². The number of nitrogens with zero attached hydrogens (tertiary/aromatic N) is 5. The van der Waals surface area contributed by atoms with Crippen molar-refractivity contribution >= 4 is 22.8 Å². The number of hydrogen-bond donors (Lipinski definition) is 1. The number of nitrogens with one attached hydrogen (secondary N) is 1. The number of ether oxygens (including phenoxy) is 1.